The molecular weight excluding hydrogens is 383 g/mol. The van der Waals surface area contributed by atoms with Crippen LogP contribution >= 0.6 is 35.6 Å². The smallest absolute Gasteiger partial charge is 0.0227 e. The van der Waals surface area contributed by atoms with Crippen LogP contribution in [0.5, 0.6) is 0 Å². The van der Waals surface area contributed by atoms with Gasteiger partial charge in [-0.15, -0.1) is 0 Å². The van der Waals surface area contributed by atoms with Gasteiger partial charge in [0.2, 0.25) is 0 Å². The standard InChI is InChI=1S/C12H12P2.2ClH.Pd/c1-3-7-11(8-4-1)13-14-12-9-5-2-6-10-12;;;/h1-10,13-14H;2*1H;/q;;;+2/p-2. The second kappa shape index (κ2) is 10.5. The van der Waals surface area contributed by atoms with Crippen molar-refractivity contribution in [2.24, 2.45) is 0 Å². The van der Waals surface area contributed by atoms with Crippen LogP contribution in [0.25, 0.3) is 0 Å². The molecule has 0 N–H and O–H groups in total. The van der Waals surface area contributed by atoms with E-state index in [4.69, 9.17) is 19.1 Å². The predicted molar refractivity (Wildman–Crippen MR) is 80.5 cm³/mol. The van der Waals surface area contributed by atoms with E-state index in [2.05, 4.69) is 60.7 Å². The molecule has 0 heterocycles. The normalized spacial score (nSPS) is 10.9. The molecule has 2 atom stereocenters. The van der Waals surface area contributed by atoms with Crippen molar-refractivity contribution in [3.8, 4) is 0 Å². The SMILES string of the molecule is [Cl][Pd][Cl].c1ccc(PPc2ccccc2)cc1. The number of benzene rings is 2. The molecule has 94 valence electrons. The third-order valence-electron chi connectivity index (χ3n) is 1.90. The van der Waals surface area contributed by atoms with Crippen molar-refractivity contribution >= 4 is 46.2 Å². The van der Waals surface area contributed by atoms with Crippen LogP contribution < -0.4 is 10.6 Å². The van der Waals surface area contributed by atoms with Crippen molar-refractivity contribution in [3.63, 3.8) is 0 Å². The van der Waals surface area contributed by atoms with Crippen molar-refractivity contribution in [3.05, 3.63) is 60.7 Å². The topological polar surface area (TPSA) is 0 Å². The second-order valence-electron chi connectivity index (χ2n) is 3.03. The van der Waals surface area contributed by atoms with Gasteiger partial charge in [-0.2, -0.15) is 0 Å². The summed E-state index contributed by atoms with van der Waals surface area (Å²) in [5.74, 6) is 0. The van der Waals surface area contributed by atoms with Crippen molar-refractivity contribution in [2.45, 2.75) is 0 Å². The van der Waals surface area contributed by atoms with Gasteiger partial charge in [-0.25, -0.2) is 0 Å². The third-order valence-corrected chi connectivity index (χ3v) is 5.37. The van der Waals surface area contributed by atoms with Crippen molar-refractivity contribution in [2.75, 3.05) is 0 Å². The van der Waals surface area contributed by atoms with Crippen LogP contribution in [0.4, 0.5) is 0 Å². The van der Waals surface area contributed by atoms with Gasteiger partial charge in [-0.3, -0.25) is 0 Å². The zero-order valence-corrected chi connectivity index (χ0v) is 13.9. The molecule has 0 amide bonds. The van der Waals surface area contributed by atoms with E-state index >= 15 is 0 Å². The number of rotatable bonds is 3. The van der Waals surface area contributed by atoms with E-state index in [0.29, 0.717) is 0 Å². The fourth-order valence-corrected chi connectivity index (χ4v) is 4.06. The van der Waals surface area contributed by atoms with E-state index in [1.165, 1.54) is 10.6 Å². The van der Waals surface area contributed by atoms with Crippen LogP contribution in [0.1, 0.15) is 0 Å². The fraction of sp³-hybridized carbons (Fsp3) is 0. The monoisotopic (exact) mass is 394 g/mol. The summed E-state index contributed by atoms with van der Waals surface area (Å²) in [4.78, 5) is 0. The van der Waals surface area contributed by atoms with Gasteiger partial charge in [0, 0.05) is 0 Å². The van der Waals surface area contributed by atoms with Gasteiger partial charge in [0.1, 0.15) is 0 Å². The van der Waals surface area contributed by atoms with Crippen molar-refractivity contribution in [1.82, 2.24) is 0 Å². The first-order chi connectivity index (χ1) is 8.36. The molecule has 17 heavy (non-hydrogen) atoms. The molecule has 0 aromatic heterocycles. The van der Waals surface area contributed by atoms with Gasteiger partial charge in [0.15, 0.2) is 0 Å². The fourth-order valence-electron chi connectivity index (χ4n) is 1.19. The molecule has 0 nitrogen and oxygen atoms in total. The van der Waals surface area contributed by atoms with Crippen LogP contribution in [-0.4, -0.2) is 0 Å². The zero-order valence-electron chi connectivity index (χ0n) is 8.85. The maximum absolute atomic E-state index is 4.81. The molecule has 2 unspecified atom stereocenters. The first kappa shape index (κ1) is 15.6. The Morgan fingerprint density at radius 3 is 1.24 bits per heavy atom. The predicted octanol–water partition coefficient (Wildman–Crippen LogP) is 4.29. The molecule has 0 aliphatic carbocycles. The van der Waals surface area contributed by atoms with E-state index in [9.17, 15) is 0 Å². The summed E-state index contributed by atoms with van der Waals surface area (Å²) >= 11 is -0.106. The van der Waals surface area contributed by atoms with Crippen LogP contribution in [0, 0.1) is 0 Å². The van der Waals surface area contributed by atoms with Crippen molar-refractivity contribution < 1.29 is 15.9 Å². The summed E-state index contributed by atoms with van der Waals surface area (Å²) in [6.45, 7) is 0. The summed E-state index contributed by atoms with van der Waals surface area (Å²) in [5.41, 5.74) is 0. The number of hydrogen-bond acceptors (Lipinski definition) is 0. The molecule has 2 aromatic rings. The van der Waals surface area contributed by atoms with Gasteiger partial charge < -0.3 is 0 Å². The Morgan fingerprint density at radius 2 is 0.941 bits per heavy atom. The number of halogens is 2. The molecular formula is C12H12Cl2P2Pd. The first-order valence-corrected chi connectivity index (χ1v) is 11.8. The molecule has 0 fully saturated rings. The molecule has 0 aliphatic heterocycles. The maximum Gasteiger partial charge on any atom is -0.0227 e. The Kier molecular flexibility index (Phi) is 9.60. The molecule has 0 saturated heterocycles. The summed E-state index contributed by atoms with van der Waals surface area (Å²) in [7, 11) is 11.4. The Hall–Kier alpha value is 0.542. The number of hydrogen-bond donors (Lipinski definition) is 0. The second-order valence-corrected chi connectivity index (χ2v) is 8.54. The molecule has 2 rings (SSSR count). The van der Waals surface area contributed by atoms with Crippen LogP contribution in [0.2, 0.25) is 0 Å². The van der Waals surface area contributed by atoms with Gasteiger partial charge in [-0.05, 0) is 10.6 Å². The molecule has 0 aliphatic rings. The Balaban J connectivity index is 0.000000437. The van der Waals surface area contributed by atoms with E-state index in [-0.39, 0.29) is 15.9 Å². The largest absolute Gasteiger partial charge is 0.0634 e. The molecule has 2 aromatic carbocycles. The summed E-state index contributed by atoms with van der Waals surface area (Å²) < 4.78 is 0. The third kappa shape index (κ3) is 7.54. The maximum atomic E-state index is 4.81. The van der Waals surface area contributed by atoms with Crippen LogP contribution in [0.15, 0.2) is 60.7 Å². The quantitative estimate of drug-likeness (QED) is 0.537. The Labute approximate surface area is 122 Å². The van der Waals surface area contributed by atoms with E-state index in [1.54, 1.807) is 0 Å². The first-order valence-electron chi connectivity index (χ1n) is 4.81. The average molecular weight is 396 g/mol. The van der Waals surface area contributed by atoms with Crippen LogP contribution in [0.3, 0.4) is 0 Å². The molecule has 0 bridgehead atoms. The van der Waals surface area contributed by atoms with Gasteiger partial charge in [0.25, 0.3) is 0 Å². The summed E-state index contributed by atoms with van der Waals surface area (Å²) in [6, 6.07) is 21.4. The Bertz CT molecular complexity index is 358. The molecule has 0 spiro atoms. The Morgan fingerprint density at radius 1 is 0.647 bits per heavy atom. The minimum atomic E-state index is -0.106. The summed E-state index contributed by atoms with van der Waals surface area (Å²) in [5, 5.41) is 2.91. The van der Waals surface area contributed by atoms with Crippen LogP contribution in [-0.2, 0) is 15.9 Å². The van der Waals surface area contributed by atoms with Crippen molar-refractivity contribution in [1.29, 1.82) is 0 Å². The van der Waals surface area contributed by atoms with Gasteiger partial charge in [-0.1, -0.05) is 77.2 Å². The summed E-state index contributed by atoms with van der Waals surface area (Å²) in [6.07, 6.45) is 0. The van der Waals surface area contributed by atoms with Gasteiger partial charge in [0.05, 0.1) is 0 Å². The minimum absolute atomic E-state index is 0.106. The zero-order chi connectivity index (χ0) is 12.3. The van der Waals surface area contributed by atoms with E-state index in [0.717, 1.165) is 16.5 Å². The average Bonchev–Trinajstić information content (AvgIpc) is 2.40. The minimum Gasteiger partial charge on any atom is -0.0634 e. The molecule has 0 radical (unpaired) electrons. The molecule has 5 heteroatoms. The van der Waals surface area contributed by atoms with E-state index in [1.807, 2.05) is 0 Å². The molecule has 0 saturated carbocycles. The van der Waals surface area contributed by atoms with E-state index < -0.39 is 0 Å². The van der Waals surface area contributed by atoms with Gasteiger partial charge >= 0.3 is 35.0 Å².